The molecule has 0 radical (unpaired) electrons. The maximum atomic E-state index is 15.1. The molecular formula is C21H21ClF2N2O. The van der Waals surface area contributed by atoms with E-state index in [0.29, 0.717) is 36.8 Å². The number of carbonyl (C=O) groups excluding carboxylic acids is 1. The van der Waals surface area contributed by atoms with Gasteiger partial charge in [0.15, 0.2) is 0 Å². The molecular weight excluding hydrogens is 370 g/mol. The second kappa shape index (κ2) is 6.79. The Morgan fingerprint density at radius 3 is 2.44 bits per heavy atom. The van der Waals surface area contributed by atoms with Crippen molar-refractivity contribution >= 4 is 23.2 Å². The van der Waals surface area contributed by atoms with Crippen molar-refractivity contribution in [1.82, 2.24) is 4.90 Å². The summed E-state index contributed by atoms with van der Waals surface area (Å²) >= 11 is 6.11. The van der Waals surface area contributed by atoms with E-state index in [-0.39, 0.29) is 12.3 Å². The number of rotatable bonds is 3. The van der Waals surface area contributed by atoms with Gasteiger partial charge < -0.3 is 9.80 Å². The number of amides is 1. The minimum absolute atomic E-state index is 0.149. The average Bonchev–Trinajstić information content (AvgIpc) is 3.36. The van der Waals surface area contributed by atoms with E-state index in [4.69, 9.17) is 11.6 Å². The SMILES string of the molecule is Cc1ccc(Cl)cc1N1CCN(C(=O)[C@H]2C[C@]2(F)c2ccc(F)cc2)CC1. The number of piperazine rings is 1. The molecule has 3 nitrogen and oxygen atoms in total. The summed E-state index contributed by atoms with van der Waals surface area (Å²) in [4.78, 5) is 16.7. The van der Waals surface area contributed by atoms with Crippen LogP contribution in [0.5, 0.6) is 0 Å². The summed E-state index contributed by atoms with van der Waals surface area (Å²) in [5, 5.41) is 0.689. The Hall–Kier alpha value is -2.14. The molecule has 0 spiro atoms. The van der Waals surface area contributed by atoms with E-state index < -0.39 is 17.4 Å². The quantitative estimate of drug-likeness (QED) is 0.779. The number of hydrogen-bond acceptors (Lipinski definition) is 2. The molecule has 1 saturated heterocycles. The van der Waals surface area contributed by atoms with Gasteiger partial charge >= 0.3 is 0 Å². The number of carbonyl (C=O) groups is 1. The van der Waals surface area contributed by atoms with E-state index >= 15 is 4.39 Å². The first-order chi connectivity index (χ1) is 12.9. The van der Waals surface area contributed by atoms with Crippen LogP contribution < -0.4 is 4.90 Å². The molecule has 1 saturated carbocycles. The minimum atomic E-state index is -1.66. The van der Waals surface area contributed by atoms with Gasteiger partial charge in [-0.3, -0.25) is 4.79 Å². The first-order valence-corrected chi connectivity index (χ1v) is 9.51. The zero-order chi connectivity index (χ0) is 19.2. The van der Waals surface area contributed by atoms with E-state index in [0.717, 1.165) is 11.3 Å². The number of nitrogens with zero attached hydrogens (tertiary/aromatic N) is 2. The predicted octanol–water partition coefficient (Wildman–Crippen LogP) is 4.32. The minimum Gasteiger partial charge on any atom is -0.368 e. The largest absolute Gasteiger partial charge is 0.368 e. The van der Waals surface area contributed by atoms with Gasteiger partial charge in [-0.05, 0) is 42.3 Å². The van der Waals surface area contributed by atoms with Crippen molar-refractivity contribution in [3.8, 4) is 0 Å². The molecule has 1 aliphatic carbocycles. The normalized spacial score (nSPS) is 24.8. The van der Waals surface area contributed by atoms with Gasteiger partial charge in [0.05, 0.1) is 5.92 Å². The van der Waals surface area contributed by atoms with Crippen LogP contribution in [-0.4, -0.2) is 37.0 Å². The van der Waals surface area contributed by atoms with Crippen LogP contribution in [0.15, 0.2) is 42.5 Å². The molecule has 142 valence electrons. The maximum absolute atomic E-state index is 15.1. The van der Waals surface area contributed by atoms with E-state index in [9.17, 15) is 9.18 Å². The molecule has 0 bridgehead atoms. The van der Waals surface area contributed by atoms with Gasteiger partial charge in [0.1, 0.15) is 11.5 Å². The van der Waals surface area contributed by atoms with E-state index in [1.807, 2.05) is 25.1 Å². The number of aryl methyl sites for hydroxylation is 1. The predicted molar refractivity (Wildman–Crippen MR) is 102 cm³/mol. The lowest BCUT2D eigenvalue weighted by Crippen LogP contribution is -2.49. The average molecular weight is 391 g/mol. The van der Waals surface area contributed by atoms with E-state index in [2.05, 4.69) is 4.90 Å². The molecule has 2 aromatic carbocycles. The number of anilines is 1. The first-order valence-electron chi connectivity index (χ1n) is 9.13. The van der Waals surface area contributed by atoms with Crippen LogP contribution in [0.1, 0.15) is 17.5 Å². The maximum Gasteiger partial charge on any atom is 0.229 e. The molecule has 27 heavy (non-hydrogen) atoms. The van der Waals surface area contributed by atoms with Crippen LogP contribution in [0.4, 0.5) is 14.5 Å². The fraction of sp³-hybridized carbons (Fsp3) is 0.381. The van der Waals surface area contributed by atoms with Crippen LogP contribution >= 0.6 is 11.6 Å². The van der Waals surface area contributed by atoms with Crippen molar-refractivity contribution < 1.29 is 13.6 Å². The number of alkyl halides is 1. The zero-order valence-corrected chi connectivity index (χ0v) is 15.8. The van der Waals surface area contributed by atoms with Crippen LogP contribution in [0, 0.1) is 18.7 Å². The highest BCUT2D eigenvalue weighted by atomic mass is 35.5. The summed E-state index contributed by atoms with van der Waals surface area (Å²) in [6.45, 7) is 4.53. The Morgan fingerprint density at radius 2 is 1.78 bits per heavy atom. The van der Waals surface area contributed by atoms with Gasteiger partial charge in [0.25, 0.3) is 0 Å². The lowest BCUT2D eigenvalue weighted by atomic mass is 10.1. The summed E-state index contributed by atoms with van der Waals surface area (Å²) in [5.74, 6) is -1.22. The Balaban J connectivity index is 1.39. The van der Waals surface area contributed by atoms with Gasteiger partial charge in [-0.15, -0.1) is 0 Å². The topological polar surface area (TPSA) is 23.6 Å². The highest BCUT2D eigenvalue weighted by Gasteiger charge is 2.61. The lowest BCUT2D eigenvalue weighted by molar-refractivity contribution is -0.134. The second-order valence-corrected chi connectivity index (χ2v) is 7.81. The summed E-state index contributed by atoms with van der Waals surface area (Å²) < 4.78 is 28.1. The lowest BCUT2D eigenvalue weighted by Gasteiger charge is -2.37. The number of hydrogen-bond donors (Lipinski definition) is 0. The van der Waals surface area contributed by atoms with Crippen molar-refractivity contribution in [3.63, 3.8) is 0 Å². The molecule has 6 heteroatoms. The van der Waals surface area contributed by atoms with Crippen LogP contribution in [0.3, 0.4) is 0 Å². The van der Waals surface area contributed by atoms with Gasteiger partial charge in [-0.2, -0.15) is 0 Å². The highest BCUT2D eigenvalue weighted by Crippen LogP contribution is 2.56. The van der Waals surface area contributed by atoms with Crippen molar-refractivity contribution in [2.45, 2.75) is 19.0 Å². The molecule has 0 unspecified atom stereocenters. The Morgan fingerprint density at radius 1 is 1.11 bits per heavy atom. The molecule has 2 fully saturated rings. The molecule has 2 aromatic rings. The molecule has 2 atom stereocenters. The summed E-state index contributed by atoms with van der Waals surface area (Å²) in [5.41, 5.74) is 0.939. The highest BCUT2D eigenvalue weighted by molar-refractivity contribution is 6.30. The third-order valence-corrected chi connectivity index (χ3v) is 5.85. The third kappa shape index (κ3) is 3.41. The number of halogens is 3. The van der Waals surface area contributed by atoms with Crippen molar-refractivity contribution in [2.24, 2.45) is 5.92 Å². The fourth-order valence-electron chi connectivity index (χ4n) is 3.88. The molecule has 1 heterocycles. The second-order valence-electron chi connectivity index (χ2n) is 7.37. The van der Waals surface area contributed by atoms with Crippen LogP contribution in [-0.2, 0) is 10.5 Å². The first kappa shape index (κ1) is 18.2. The van der Waals surface area contributed by atoms with Crippen molar-refractivity contribution in [2.75, 3.05) is 31.1 Å². The summed E-state index contributed by atoms with van der Waals surface area (Å²) in [6, 6.07) is 11.1. The Kier molecular flexibility index (Phi) is 4.58. The van der Waals surface area contributed by atoms with Crippen LogP contribution in [0.2, 0.25) is 5.02 Å². The van der Waals surface area contributed by atoms with Crippen molar-refractivity contribution in [3.05, 3.63) is 64.4 Å². The molecule has 2 aliphatic rings. The van der Waals surface area contributed by atoms with Gasteiger partial charge in [-0.25, -0.2) is 8.78 Å². The molecule has 4 rings (SSSR count). The van der Waals surface area contributed by atoms with Gasteiger partial charge in [-0.1, -0.05) is 29.8 Å². The number of benzene rings is 2. The molecule has 0 aromatic heterocycles. The Bertz CT molecular complexity index is 865. The molecule has 1 amide bonds. The smallest absolute Gasteiger partial charge is 0.229 e. The fourth-order valence-corrected chi connectivity index (χ4v) is 4.04. The van der Waals surface area contributed by atoms with Gasteiger partial charge in [0, 0.05) is 43.3 Å². The summed E-state index contributed by atoms with van der Waals surface area (Å²) in [7, 11) is 0. The molecule has 1 aliphatic heterocycles. The monoisotopic (exact) mass is 390 g/mol. The standard InChI is InChI=1S/C21H21ClF2N2O/c1-14-2-5-16(22)12-19(14)25-8-10-26(11-9-25)20(27)18-13-21(18,24)15-3-6-17(23)7-4-15/h2-7,12,18H,8-11,13H2,1H3/t18-,21+/m1/s1. The van der Waals surface area contributed by atoms with Gasteiger partial charge in [0.2, 0.25) is 5.91 Å². The van der Waals surface area contributed by atoms with Crippen LogP contribution in [0.25, 0.3) is 0 Å². The Labute approximate surface area is 162 Å². The molecule has 0 N–H and O–H groups in total. The van der Waals surface area contributed by atoms with E-state index in [1.165, 1.54) is 24.3 Å². The van der Waals surface area contributed by atoms with E-state index in [1.54, 1.807) is 4.90 Å². The third-order valence-electron chi connectivity index (χ3n) is 5.62. The zero-order valence-electron chi connectivity index (χ0n) is 15.1. The van der Waals surface area contributed by atoms with Crippen molar-refractivity contribution in [1.29, 1.82) is 0 Å². The summed E-state index contributed by atoms with van der Waals surface area (Å²) in [6.07, 6.45) is 0.172.